The fourth-order valence-electron chi connectivity index (χ4n) is 2.93. The number of benzene rings is 1. The molecule has 0 bridgehead atoms. The molecular weight excluding hydrogens is 318 g/mol. The molecule has 0 saturated carbocycles. The smallest absolute Gasteiger partial charge is 0.309 e. The molecule has 0 spiro atoms. The minimum atomic E-state index is -0.0741. The van der Waals surface area contributed by atoms with Crippen molar-refractivity contribution in [2.75, 3.05) is 33.3 Å². The van der Waals surface area contributed by atoms with Crippen molar-refractivity contribution in [2.45, 2.75) is 32.8 Å². The van der Waals surface area contributed by atoms with Gasteiger partial charge in [-0.1, -0.05) is 18.2 Å². The molecule has 1 fully saturated rings. The number of hydrogen-bond acceptors (Lipinski definition) is 4. The highest BCUT2D eigenvalue weighted by Gasteiger charge is 2.27. The van der Waals surface area contributed by atoms with Gasteiger partial charge in [-0.05, 0) is 38.8 Å². The van der Waals surface area contributed by atoms with Crippen LogP contribution in [0.1, 0.15) is 26.7 Å². The van der Waals surface area contributed by atoms with E-state index < -0.39 is 0 Å². The molecule has 6 nitrogen and oxygen atoms in total. The number of rotatable bonds is 6. The summed E-state index contributed by atoms with van der Waals surface area (Å²) in [5.41, 5.74) is 0. The average Bonchev–Trinajstić information content (AvgIpc) is 2.64. The summed E-state index contributed by atoms with van der Waals surface area (Å²) < 4.78 is 11.0. The minimum Gasteiger partial charge on any atom is -0.489 e. The summed E-state index contributed by atoms with van der Waals surface area (Å²) in [6, 6.07) is 9.79. The molecule has 1 N–H and O–H groups in total. The van der Waals surface area contributed by atoms with Gasteiger partial charge in [-0.2, -0.15) is 0 Å². The Balaban J connectivity index is 1.76. The third-order valence-electron chi connectivity index (χ3n) is 4.25. The molecule has 1 aromatic carbocycles. The van der Waals surface area contributed by atoms with Crippen LogP contribution in [0.3, 0.4) is 0 Å². The second kappa shape index (κ2) is 9.91. The number of para-hydroxylation sites is 1. The van der Waals surface area contributed by atoms with Gasteiger partial charge in [0.15, 0.2) is 5.96 Å². The van der Waals surface area contributed by atoms with E-state index in [-0.39, 0.29) is 18.0 Å². The first kappa shape index (κ1) is 19.1. The first-order chi connectivity index (χ1) is 12.1. The van der Waals surface area contributed by atoms with Crippen LogP contribution in [0.4, 0.5) is 0 Å². The molecule has 1 saturated heterocycles. The van der Waals surface area contributed by atoms with Crippen LogP contribution in [-0.4, -0.2) is 56.2 Å². The summed E-state index contributed by atoms with van der Waals surface area (Å²) in [4.78, 5) is 18.4. The average molecular weight is 347 g/mol. The molecule has 0 amide bonds. The Morgan fingerprint density at radius 2 is 2.00 bits per heavy atom. The number of hydrogen-bond donors (Lipinski definition) is 1. The number of aliphatic imine (C=N–C) groups is 1. The molecule has 25 heavy (non-hydrogen) atoms. The Labute approximate surface area is 150 Å². The molecule has 2 rings (SSSR count). The van der Waals surface area contributed by atoms with Crippen molar-refractivity contribution in [1.82, 2.24) is 10.2 Å². The van der Waals surface area contributed by atoms with Crippen LogP contribution >= 0.6 is 0 Å². The van der Waals surface area contributed by atoms with E-state index >= 15 is 0 Å². The number of esters is 1. The van der Waals surface area contributed by atoms with E-state index in [0.717, 1.165) is 37.6 Å². The van der Waals surface area contributed by atoms with E-state index in [1.54, 1.807) is 7.05 Å². The third kappa shape index (κ3) is 5.96. The van der Waals surface area contributed by atoms with Gasteiger partial charge in [-0.3, -0.25) is 9.79 Å². The van der Waals surface area contributed by atoms with Crippen molar-refractivity contribution < 1.29 is 14.3 Å². The molecule has 0 aliphatic carbocycles. The number of nitrogens with zero attached hydrogens (tertiary/aromatic N) is 2. The normalized spacial score (nSPS) is 17.1. The Morgan fingerprint density at radius 1 is 1.32 bits per heavy atom. The standard InChI is InChI=1S/C19H29N3O3/c1-4-24-18(23)16-10-12-22(13-11-16)19(20-3)21-14-15(2)25-17-8-6-5-7-9-17/h5-9,15-16H,4,10-14H2,1-3H3,(H,20,21). The number of ether oxygens (including phenoxy) is 2. The topological polar surface area (TPSA) is 63.2 Å². The predicted octanol–water partition coefficient (Wildman–Crippen LogP) is 2.30. The third-order valence-corrected chi connectivity index (χ3v) is 4.25. The van der Waals surface area contributed by atoms with Crippen LogP contribution in [0.15, 0.2) is 35.3 Å². The van der Waals surface area contributed by atoms with Crippen molar-refractivity contribution in [3.8, 4) is 5.75 Å². The lowest BCUT2D eigenvalue weighted by Gasteiger charge is -2.33. The van der Waals surface area contributed by atoms with Crippen molar-refractivity contribution in [3.63, 3.8) is 0 Å². The zero-order valence-corrected chi connectivity index (χ0v) is 15.4. The summed E-state index contributed by atoms with van der Waals surface area (Å²) >= 11 is 0. The Morgan fingerprint density at radius 3 is 2.60 bits per heavy atom. The number of carbonyl (C=O) groups is 1. The fraction of sp³-hybridized carbons (Fsp3) is 0.579. The number of piperidine rings is 1. The van der Waals surface area contributed by atoms with Gasteiger partial charge < -0.3 is 19.7 Å². The molecule has 138 valence electrons. The summed E-state index contributed by atoms with van der Waals surface area (Å²) in [5, 5.41) is 3.36. The first-order valence-electron chi connectivity index (χ1n) is 8.98. The molecule has 1 aliphatic rings. The molecule has 6 heteroatoms. The SMILES string of the molecule is CCOC(=O)C1CCN(C(=NC)NCC(C)Oc2ccccc2)CC1. The van der Waals surface area contributed by atoms with Crippen molar-refractivity contribution >= 4 is 11.9 Å². The zero-order valence-electron chi connectivity index (χ0n) is 15.4. The van der Waals surface area contributed by atoms with Crippen molar-refractivity contribution in [3.05, 3.63) is 30.3 Å². The van der Waals surface area contributed by atoms with E-state index in [2.05, 4.69) is 15.2 Å². The van der Waals surface area contributed by atoms with E-state index in [4.69, 9.17) is 9.47 Å². The lowest BCUT2D eigenvalue weighted by molar-refractivity contribution is -0.149. The molecule has 1 aromatic rings. The number of guanidine groups is 1. The van der Waals surface area contributed by atoms with E-state index in [0.29, 0.717) is 13.2 Å². The highest BCUT2D eigenvalue weighted by Crippen LogP contribution is 2.18. The quantitative estimate of drug-likeness (QED) is 0.486. The summed E-state index contributed by atoms with van der Waals surface area (Å²) in [6.45, 7) is 6.59. The van der Waals surface area contributed by atoms with Crippen LogP contribution in [-0.2, 0) is 9.53 Å². The van der Waals surface area contributed by atoms with E-state index in [9.17, 15) is 4.79 Å². The molecular formula is C19H29N3O3. The zero-order chi connectivity index (χ0) is 18.1. The molecule has 1 atom stereocenters. The number of nitrogens with one attached hydrogen (secondary N) is 1. The highest BCUT2D eigenvalue weighted by molar-refractivity contribution is 5.80. The van der Waals surface area contributed by atoms with Gasteiger partial charge in [0.05, 0.1) is 19.1 Å². The van der Waals surface area contributed by atoms with Crippen LogP contribution in [0.2, 0.25) is 0 Å². The van der Waals surface area contributed by atoms with Crippen LogP contribution < -0.4 is 10.1 Å². The number of likely N-dealkylation sites (tertiary alicyclic amines) is 1. The summed E-state index contributed by atoms with van der Waals surface area (Å²) in [7, 11) is 1.78. The van der Waals surface area contributed by atoms with Gasteiger partial charge in [-0.15, -0.1) is 0 Å². The Hall–Kier alpha value is -2.24. The predicted molar refractivity (Wildman–Crippen MR) is 98.8 cm³/mol. The Kier molecular flexibility index (Phi) is 7.57. The van der Waals surface area contributed by atoms with E-state index in [1.165, 1.54) is 0 Å². The van der Waals surface area contributed by atoms with Gasteiger partial charge >= 0.3 is 5.97 Å². The maximum Gasteiger partial charge on any atom is 0.309 e. The summed E-state index contributed by atoms with van der Waals surface area (Å²) in [6.07, 6.45) is 1.63. The monoisotopic (exact) mass is 347 g/mol. The highest BCUT2D eigenvalue weighted by atomic mass is 16.5. The second-order valence-electron chi connectivity index (χ2n) is 6.18. The number of carbonyl (C=O) groups excluding carboxylic acids is 1. The molecule has 1 heterocycles. The van der Waals surface area contributed by atoms with Gasteiger partial charge in [0.2, 0.25) is 0 Å². The van der Waals surface area contributed by atoms with Gasteiger partial charge in [0.1, 0.15) is 11.9 Å². The largest absolute Gasteiger partial charge is 0.489 e. The first-order valence-corrected chi connectivity index (χ1v) is 8.98. The van der Waals surface area contributed by atoms with Gasteiger partial charge in [0, 0.05) is 20.1 Å². The van der Waals surface area contributed by atoms with E-state index in [1.807, 2.05) is 44.2 Å². The maximum atomic E-state index is 11.8. The molecule has 1 unspecified atom stereocenters. The summed E-state index contributed by atoms with van der Waals surface area (Å²) in [5.74, 6) is 1.65. The van der Waals surface area contributed by atoms with Crippen LogP contribution in [0.5, 0.6) is 5.75 Å². The maximum absolute atomic E-state index is 11.8. The molecule has 0 aromatic heterocycles. The molecule has 0 radical (unpaired) electrons. The lowest BCUT2D eigenvalue weighted by atomic mass is 9.97. The van der Waals surface area contributed by atoms with Crippen LogP contribution in [0, 0.1) is 5.92 Å². The Bertz CT molecular complexity index is 554. The van der Waals surface area contributed by atoms with Gasteiger partial charge in [-0.25, -0.2) is 0 Å². The second-order valence-corrected chi connectivity index (χ2v) is 6.18. The van der Waals surface area contributed by atoms with Crippen LogP contribution in [0.25, 0.3) is 0 Å². The van der Waals surface area contributed by atoms with Gasteiger partial charge in [0.25, 0.3) is 0 Å². The minimum absolute atomic E-state index is 0.00893. The van der Waals surface area contributed by atoms with Crippen molar-refractivity contribution in [2.24, 2.45) is 10.9 Å². The van der Waals surface area contributed by atoms with Crippen molar-refractivity contribution in [1.29, 1.82) is 0 Å². The lowest BCUT2D eigenvalue weighted by Crippen LogP contribution is -2.48. The molecule has 1 aliphatic heterocycles. The fourth-order valence-corrected chi connectivity index (χ4v) is 2.93.